The van der Waals surface area contributed by atoms with E-state index < -0.39 is 0 Å². The Morgan fingerprint density at radius 3 is 2.73 bits per heavy atom. The lowest BCUT2D eigenvalue weighted by atomic mass is 9.87. The van der Waals surface area contributed by atoms with Crippen LogP contribution in [0.25, 0.3) is 0 Å². The third kappa shape index (κ3) is 2.26. The number of nitrogens with one attached hydrogen (secondary N) is 1. The Bertz CT molecular complexity index is 318. The minimum absolute atomic E-state index is 0.576. The summed E-state index contributed by atoms with van der Waals surface area (Å²) in [6.45, 7) is 4.60. The lowest BCUT2D eigenvalue weighted by molar-refractivity contribution is 0.316. The highest BCUT2D eigenvalue weighted by atomic mass is 32.1. The lowest BCUT2D eigenvalue weighted by Crippen LogP contribution is -2.26. The molecule has 1 aromatic heterocycles. The molecule has 2 heteroatoms. The van der Waals surface area contributed by atoms with E-state index in [1.54, 1.807) is 0 Å². The maximum atomic E-state index is 3.51. The molecule has 1 aliphatic rings. The number of hydrogen-bond donors (Lipinski definition) is 1. The van der Waals surface area contributed by atoms with Gasteiger partial charge in [-0.05, 0) is 49.2 Å². The fourth-order valence-corrected chi connectivity index (χ4v) is 3.66. The zero-order valence-corrected chi connectivity index (χ0v) is 10.7. The van der Waals surface area contributed by atoms with E-state index >= 15 is 0 Å². The van der Waals surface area contributed by atoms with Gasteiger partial charge in [0.2, 0.25) is 0 Å². The highest BCUT2D eigenvalue weighted by Gasteiger charge is 2.31. The third-order valence-corrected chi connectivity index (χ3v) is 4.66. The fraction of sp³-hybridized carbons (Fsp3) is 0.692. The summed E-state index contributed by atoms with van der Waals surface area (Å²) in [5.74, 6) is 1.71. The van der Waals surface area contributed by atoms with Gasteiger partial charge in [-0.2, -0.15) is 0 Å². The van der Waals surface area contributed by atoms with E-state index in [-0.39, 0.29) is 0 Å². The van der Waals surface area contributed by atoms with Gasteiger partial charge >= 0.3 is 0 Å². The average Bonchev–Trinajstić information content (AvgIpc) is 2.79. The molecule has 15 heavy (non-hydrogen) atoms. The van der Waals surface area contributed by atoms with Crippen molar-refractivity contribution in [3.63, 3.8) is 0 Å². The molecule has 1 aliphatic carbocycles. The molecule has 0 aliphatic heterocycles. The Morgan fingerprint density at radius 1 is 1.47 bits per heavy atom. The molecule has 0 radical (unpaired) electrons. The van der Waals surface area contributed by atoms with Crippen LogP contribution < -0.4 is 5.32 Å². The molecule has 1 N–H and O–H groups in total. The Morgan fingerprint density at radius 2 is 2.27 bits per heavy atom. The second kappa shape index (κ2) is 4.67. The Kier molecular flexibility index (Phi) is 3.47. The van der Waals surface area contributed by atoms with Crippen molar-refractivity contribution in [3.8, 4) is 0 Å². The molecule has 2 rings (SSSR count). The van der Waals surface area contributed by atoms with Crippen LogP contribution in [0, 0.1) is 18.8 Å². The molecule has 0 aromatic carbocycles. The van der Waals surface area contributed by atoms with Gasteiger partial charge in [0.1, 0.15) is 0 Å². The van der Waals surface area contributed by atoms with Crippen LogP contribution in [0.3, 0.4) is 0 Å². The molecule has 0 amide bonds. The molecule has 84 valence electrons. The predicted octanol–water partition coefficient (Wildman–Crippen LogP) is 3.75. The maximum absolute atomic E-state index is 3.51. The standard InChI is InChI=1S/C13H21NS/c1-9-5-4-6-12(9)13(14-3)11-7-10(2)15-8-11/h7-9,12-14H,4-6H2,1-3H3. The van der Waals surface area contributed by atoms with E-state index in [0.717, 1.165) is 11.8 Å². The number of rotatable bonds is 3. The van der Waals surface area contributed by atoms with Gasteiger partial charge in [0, 0.05) is 10.9 Å². The molecule has 1 heterocycles. The first-order chi connectivity index (χ1) is 7.22. The summed E-state index contributed by atoms with van der Waals surface area (Å²) < 4.78 is 0. The van der Waals surface area contributed by atoms with Gasteiger partial charge in [-0.3, -0.25) is 0 Å². The topological polar surface area (TPSA) is 12.0 Å². The lowest BCUT2D eigenvalue weighted by Gasteiger charge is -2.26. The fourth-order valence-electron chi connectivity index (χ4n) is 2.92. The van der Waals surface area contributed by atoms with Crippen molar-refractivity contribution < 1.29 is 0 Å². The molecule has 0 spiro atoms. The molecular weight excluding hydrogens is 202 g/mol. The summed E-state index contributed by atoms with van der Waals surface area (Å²) in [4.78, 5) is 1.43. The zero-order chi connectivity index (χ0) is 10.8. The van der Waals surface area contributed by atoms with Crippen LogP contribution in [-0.2, 0) is 0 Å². The van der Waals surface area contributed by atoms with Gasteiger partial charge in [0.25, 0.3) is 0 Å². The van der Waals surface area contributed by atoms with E-state index in [0.29, 0.717) is 6.04 Å². The Labute approximate surface area is 96.9 Å². The molecule has 0 saturated heterocycles. The van der Waals surface area contributed by atoms with Crippen molar-refractivity contribution in [2.45, 2.75) is 39.2 Å². The molecule has 1 fully saturated rings. The summed E-state index contributed by atoms with van der Waals surface area (Å²) in [5, 5.41) is 5.83. The van der Waals surface area contributed by atoms with Crippen molar-refractivity contribution in [1.29, 1.82) is 0 Å². The van der Waals surface area contributed by atoms with Crippen molar-refractivity contribution in [2.75, 3.05) is 7.05 Å². The van der Waals surface area contributed by atoms with E-state index in [2.05, 4.69) is 37.7 Å². The molecule has 3 unspecified atom stereocenters. The van der Waals surface area contributed by atoms with Gasteiger partial charge < -0.3 is 5.32 Å². The molecule has 1 nitrogen and oxygen atoms in total. The summed E-state index contributed by atoms with van der Waals surface area (Å²) >= 11 is 1.87. The second-order valence-corrected chi connectivity index (χ2v) is 5.94. The van der Waals surface area contributed by atoms with E-state index in [9.17, 15) is 0 Å². The van der Waals surface area contributed by atoms with Gasteiger partial charge in [-0.15, -0.1) is 11.3 Å². The van der Waals surface area contributed by atoms with Gasteiger partial charge in [0.15, 0.2) is 0 Å². The first-order valence-corrected chi connectivity index (χ1v) is 6.82. The number of aryl methyl sites for hydroxylation is 1. The van der Waals surface area contributed by atoms with Crippen LogP contribution in [0.2, 0.25) is 0 Å². The summed E-state index contributed by atoms with van der Waals surface area (Å²) in [6, 6.07) is 2.92. The average molecular weight is 223 g/mol. The van der Waals surface area contributed by atoms with E-state index in [1.165, 1.54) is 29.7 Å². The SMILES string of the molecule is CNC(c1csc(C)c1)C1CCCC1C. The monoisotopic (exact) mass is 223 g/mol. The number of thiophene rings is 1. The largest absolute Gasteiger partial charge is 0.313 e. The Hall–Kier alpha value is -0.340. The molecule has 0 bridgehead atoms. The third-order valence-electron chi connectivity index (χ3n) is 3.78. The van der Waals surface area contributed by atoms with Crippen molar-refractivity contribution in [3.05, 3.63) is 21.9 Å². The minimum atomic E-state index is 0.576. The van der Waals surface area contributed by atoms with Crippen molar-refractivity contribution in [2.24, 2.45) is 11.8 Å². The minimum Gasteiger partial charge on any atom is -0.313 e. The van der Waals surface area contributed by atoms with Gasteiger partial charge in [0.05, 0.1) is 0 Å². The smallest absolute Gasteiger partial charge is 0.0357 e. The Balaban J connectivity index is 2.16. The first kappa shape index (κ1) is 11.2. The van der Waals surface area contributed by atoms with Gasteiger partial charge in [-0.1, -0.05) is 19.8 Å². The van der Waals surface area contributed by atoms with Crippen LogP contribution in [0.5, 0.6) is 0 Å². The van der Waals surface area contributed by atoms with E-state index in [4.69, 9.17) is 0 Å². The zero-order valence-electron chi connectivity index (χ0n) is 9.92. The van der Waals surface area contributed by atoms with Crippen molar-refractivity contribution in [1.82, 2.24) is 5.32 Å². The van der Waals surface area contributed by atoms with Crippen molar-refractivity contribution >= 4 is 11.3 Å². The van der Waals surface area contributed by atoms with Crippen LogP contribution in [0.15, 0.2) is 11.4 Å². The van der Waals surface area contributed by atoms with Crippen LogP contribution in [-0.4, -0.2) is 7.05 Å². The first-order valence-electron chi connectivity index (χ1n) is 5.94. The van der Waals surface area contributed by atoms with E-state index in [1.807, 2.05) is 11.3 Å². The quantitative estimate of drug-likeness (QED) is 0.823. The predicted molar refractivity (Wildman–Crippen MR) is 67.4 cm³/mol. The normalized spacial score (nSPS) is 28.2. The molecule has 3 atom stereocenters. The number of hydrogen-bond acceptors (Lipinski definition) is 2. The molecule has 1 aromatic rings. The van der Waals surface area contributed by atoms with Crippen LogP contribution in [0.1, 0.15) is 42.7 Å². The van der Waals surface area contributed by atoms with Crippen LogP contribution in [0.4, 0.5) is 0 Å². The molecule has 1 saturated carbocycles. The second-order valence-electron chi connectivity index (χ2n) is 4.83. The van der Waals surface area contributed by atoms with Gasteiger partial charge in [-0.25, -0.2) is 0 Å². The summed E-state index contributed by atoms with van der Waals surface area (Å²) in [7, 11) is 2.10. The molecular formula is C13H21NS. The summed E-state index contributed by atoms with van der Waals surface area (Å²) in [5.41, 5.74) is 1.50. The van der Waals surface area contributed by atoms with Crippen LogP contribution >= 0.6 is 11.3 Å². The summed E-state index contributed by atoms with van der Waals surface area (Å²) in [6.07, 6.45) is 4.21. The highest BCUT2D eigenvalue weighted by Crippen LogP contribution is 2.40. The maximum Gasteiger partial charge on any atom is 0.0357 e. The highest BCUT2D eigenvalue weighted by molar-refractivity contribution is 7.10.